The second-order valence-corrected chi connectivity index (χ2v) is 4.88. The second kappa shape index (κ2) is 4.45. The summed E-state index contributed by atoms with van der Waals surface area (Å²) in [5, 5.41) is 0. The molecule has 76 valence electrons. The molecule has 1 nitrogen and oxygen atoms in total. The number of hydrogen-bond acceptors (Lipinski definition) is 1. The first-order valence-corrected chi connectivity index (χ1v) is 6.14. The molecule has 0 spiro atoms. The Bertz CT molecular complexity index is 149. The fourth-order valence-electron chi connectivity index (χ4n) is 2.82. The Morgan fingerprint density at radius 3 is 2.62 bits per heavy atom. The van der Waals surface area contributed by atoms with Gasteiger partial charge in [-0.05, 0) is 44.6 Å². The summed E-state index contributed by atoms with van der Waals surface area (Å²) < 4.78 is 0. The smallest absolute Gasteiger partial charge is 0.00953 e. The average Bonchev–Trinajstić information content (AvgIpc) is 2.02. The van der Waals surface area contributed by atoms with Crippen molar-refractivity contribution < 1.29 is 0 Å². The van der Waals surface area contributed by atoms with Gasteiger partial charge < -0.3 is 4.90 Å². The van der Waals surface area contributed by atoms with Crippen molar-refractivity contribution in [2.24, 2.45) is 5.92 Å². The first kappa shape index (κ1) is 9.51. The zero-order chi connectivity index (χ0) is 9.10. The van der Waals surface area contributed by atoms with E-state index in [2.05, 4.69) is 11.8 Å². The zero-order valence-corrected chi connectivity index (χ0v) is 8.97. The van der Waals surface area contributed by atoms with Crippen LogP contribution in [0.5, 0.6) is 0 Å². The van der Waals surface area contributed by atoms with Crippen LogP contribution in [0.2, 0.25) is 0 Å². The molecule has 0 amide bonds. The zero-order valence-electron chi connectivity index (χ0n) is 8.97. The van der Waals surface area contributed by atoms with Crippen molar-refractivity contribution in [3.05, 3.63) is 0 Å². The lowest BCUT2D eigenvalue weighted by Crippen LogP contribution is -2.45. The fourth-order valence-corrected chi connectivity index (χ4v) is 2.82. The molecule has 1 aliphatic heterocycles. The number of likely N-dealkylation sites (tertiary alicyclic amines) is 1. The summed E-state index contributed by atoms with van der Waals surface area (Å²) in [5.41, 5.74) is 0. The van der Waals surface area contributed by atoms with E-state index in [1.807, 2.05) is 0 Å². The van der Waals surface area contributed by atoms with Crippen molar-refractivity contribution in [2.75, 3.05) is 13.1 Å². The van der Waals surface area contributed by atoms with Gasteiger partial charge in [0.1, 0.15) is 0 Å². The van der Waals surface area contributed by atoms with Gasteiger partial charge in [-0.2, -0.15) is 0 Å². The molecule has 2 rings (SSSR count). The molecule has 1 heterocycles. The van der Waals surface area contributed by atoms with Gasteiger partial charge in [0.15, 0.2) is 0 Å². The molecule has 0 aromatic carbocycles. The van der Waals surface area contributed by atoms with Gasteiger partial charge >= 0.3 is 0 Å². The Labute approximate surface area is 82.5 Å². The first-order chi connectivity index (χ1) is 6.40. The van der Waals surface area contributed by atoms with E-state index in [9.17, 15) is 0 Å². The highest BCUT2D eigenvalue weighted by molar-refractivity contribution is 4.84. The van der Waals surface area contributed by atoms with Gasteiger partial charge in [-0.1, -0.05) is 19.8 Å². The summed E-state index contributed by atoms with van der Waals surface area (Å²) in [7, 11) is 0. The molecule has 13 heavy (non-hydrogen) atoms. The van der Waals surface area contributed by atoms with Crippen molar-refractivity contribution in [1.29, 1.82) is 0 Å². The van der Waals surface area contributed by atoms with Gasteiger partial charge in [0.2, 0.25) is 0 Å². The standard InChI is InChI=1S/C12H23N/c1-2-5-11-6-4-9-13(10-11)12-7-3-8-12/h11-12H,2-10H2,1H3/t11-/m0/s1. The molecular formula is C12H23N. The van der Waals surface area contributed by atoms with Crippen LogP contribution in [-0.4, -0.2) is 24.0 Å². The van der Waals surface area contributed by atoms with E-state index in [1.54, 1.807) is 0 Å². The van der Waals surface area contributed by atoms with Crippen LogP contribution in [0.3, 0.4) is 0 Å². The van der Waals surface area contributed by atoms with Gasteiger partial charge in [-0.15, -0.1) is 0 Å². The Kier molecular flexibility index (Phi) is 3.26. The van der Waals surface area contributed by atoms with E-state index in [0.717, 1.165) is 12.0 Å². The molecule has 2 aliphatic rings. The highest BCUT2D eigenvalue weighted by Crippen LogP contribution is 2.30. The molecule has 1 saturated heterocycles. The monoisotopic (exact) mass is 181 g/mol. The second-order valence-electron chi connectivity index (χ2n) is 4.88. The number of nitrogens with zero attached hydrogens (tertiary/aromatic N) is 1. The van der Waals surface area contributed by atoms with Gasteiger partial charge in [-0.3, -0.25) is 0 Å². The van der Waals surface area contributed by atoms with E-state index in [1.165, 1.54) is 58.0 Å². The predicted molar refractivity (Wildman–Crippen MR) is 56.8 cm³/mol. The van der Waals surface area contributed by atoms with Crippen molar-refractivity contribution in [2.45, 2.75) is 57.9 Å². The van der Waals surface area contributed by atoms with E-state index in [4.69, 9.17) is 0 Å². The molecule has 0 radical (unpaired) electrons. The normalized spacial score (nSPS) is 31.6. The minimum absolute atomic E-state index is 0.986. The third-order valence-electron chi connectivity index (χ3n) is 3.84. The maximum Gasteiger partial charge on any atom is 0.00953 e. The summed E-state index contributed by atoms with van der Waals surface area (Å²) in [4.78, 5) is 2.77. The highest BCUT2D eigenvalue weighted by Gasteiger charge is 2.28. The van der Waals surface area contributed by atoms with Crippen LogP contribution in [0.4, 0.5) is 0 Å². The first-order valence-electron chi connectivity index (χ1n) is 6.14. The van der Waals surface area contributed by atoms with Crippen molar-refractivity contribution in [3.63, 3.8) is 0 Å². The molecule has 0 N–H and O–H groups in total. The van der Waals surface area contributed by atoms with Crippen LogP contribution in [0.25, 0.3) is 0 Å². The van der Waals surface area contributed by atoms with Gasteiger partial charge in [0, 0.05) is 12.6 Å². The van der Waals surface area contributed by atoms with Crippen LogP contribution in [0.1, 0.15) is 51.9 Å². The van der Waals surface area contributed by atoms with Crippen LogP contribution in [0, 0.1) is 5.92 Å². The van der Waals surface area contributed by atoms with Crippen LogP contribution >= 0.6 is 0 Å². The Morgan fingerprint density at radius 1 is 1.15 bits per heavy atom. The molecule has 1 heteroatoms. The molecule has 1 atom stereocenters. The van der Waals surface area contributed by atoms with E-state index in [-0.39, 0.29) is 0 Å². The van der Waals surface area contributed by atoms with E-state index >= 15 is 0 Å². The lowest BCUT2D eigenvalue weighted by Gasteiger charge is -2.42. The Morgan fingerprint density at radius 2 is 2.00 bits per heavy atom. The fraction of sp³-hybridized carbons (Fsp3) is 1.00. The summed E-state index contributed by atoms with van der Waals surface area (Å²) >= 11 is 0. The van der Waals surface area contributed by atoms with E-state index in [0.29, 0.717) is 0 Å². The summed E-state index contributed by atoms with van der Waals surface area (Å²) in [6.07, 6.45) is 10.3. The maximum absolute atomic E-state index is 2.77. The van der Waals surface area contributed by atoms with Gasteiger partial charge in [0.05, 0.1) is 0 Å². The van der Waals surface area contributed by atoms with Crippen LogP contribution in [0.15, 0.2) is 0 Å². The quantitative estimate of drug-likeness (QED) is 0.647. The van der Waals surface area contributed by atoms with Gasteiger partial charge in [0.25, 0.3) is 0 Å². The van der Waals surface area contributed by atoms with Crippen molar-refractivity contribution in [3.8, 4) is 0 Å². The highest BCUT2D eigenvalue weighted by atomic mass is 15.2. The molecule has 2 fully saturated rings. The largest absolute Gasteiger partial charge is 0.300 e. The molecule has 1 aliphatic carbocycles. The van der Waals surface area contributed by atoms with Crippen molar-refractivity contribution in [1.82, 2.24) is 4.90 Å². The number of hydrogen-bond donors (Lipinski definition) is 0. The summed E-state index contributed by atoms with van der Waals surface area (Å²) in [6.45, 7) is 5.13. The Balaban J connectivity index is 1.77. The molecular weight excluding hydrogens is 158 g/mol. The molecule has 0 aromatic rings. The van der Waals surface area contributed by atoms with Crippen LogP contribution < -0.4 is 0 Å². The summed E-state index contributed by atoms with van der Waals surface area (Å²) in [6, 6.07) is 0.986. The minimum Gasteiger partial charge on any atom is -0.300 e. The topological polar surface area (TPSA) is 3.24 Å². The predicted octanol–water partition coefficient (Wildman–Crippen LogP) is 3.05. The lowest BCUT2D eigenvalue weighted by molar-refractivity contribution is 0.0743. The lowest BCUT2D eigenvalue weighted by atomic mass is 9.86. The number of rotatable bonds is 3. The van der Waals surface area contributed by atoms with E-state index < -0.39 is 0 Å². The maximum atomic E-state index is 2.77. The summed E-state index contributed by atoms with van der Waals surface area (Å²) in [5.74, 6) is 1.03. The SMILES string of the molecule is CCC[C@H]1CCCN(C2CCC2)C1. The minimum atomic E-state index is 0.986. The third kappa shape index (κ3) is 2.25. The van der Waals surface area contributed by atoms with Crippen LogP contribution in [-0.2, 0) is 0 Å². The Hall–Kier alpha value is -0.0400. The number of piperidine rings is 1. The molecule has 0 bridgehead atoms. The van der Waals surface area contributed by atoms with Gasteiger partial charge in [-0.25, -0.2) is 0 Å². The molecule has 0 aromatic heterocycles. The van der Waals surface area contributed by atoms with Crippen molar-refractivity contribution >= 4 is 0 Å². The molecule has 0 unspecified atom stereocenters. The average molecular weight is 181 g/mol. The molecule has 1 saturated carbocycles. The third-order valence-corrected chi connectivity index (χ3v) is 3.84.